The molecule has 4 aromatic rings. The minimum absolute atomic E-state index is 0.139. The number of carbonyl (C=O) groups is 2. The first-order valence-electron chi connectivity index (χ1n) is 14.6. The van der Waals surface area contributed by atoms with E-state index >= 15 is 0 Å². The number of nitrogens with one attached hydrogen (secondary N) is 1. The van der Waals surface area contributed by atoms with Gasteiger partial charge >= 0.3 is 0 Å². The second kappa shape index (κ2) is 13.9. The molecule has 0 spiro atoms. The van der Waals surface area contributed by atoms with Crippen molar-refractivity contribution >= 4 is 17.5 Å². The summed E-state index contributed by atoms with van der Waals surface area (Å²) in [6.45, 7) is 0.308. The van der Waals surface area contributed by atoms with Crippen LogP contribution in [0.4, 0.5) is 10.1 Å². The van der Waals surface area contributed by atoms with E-state index in [-0.39, 0.29) is 17.7 Å². The molecule has 2 unspecified atom stereocenters. The normalized spacial score (nSPS) is 14.9. The number of carbonyl (C=O) groups excluding carboxylic acids is 2. The molecule has 0 bridgehead atoms. The predicted molar refractivity (Wildman–Crippen MR) is 164 cm³/mol. The second-order valence-electron chi connectivity index (χ2n) is 10.9. The summed E-state index contributed by atoms with van der Waals surface area (Å²) in [7, 11) is 1.59. The monoisotopic (exact) mass is 564 g/mol. The molecule has 0 aromatic heterocycles. The summed E-state index contributed by atoms with van der Waals surface area (Å²) in [6, 6.07) is 31.5. The summed E-state index contributed by atoms with van der Waals surface area (Å²) in [5.74, 6) is -0.564. The molecular weight excluding hydrogens is 527 g/mol. The lowest BCUT2D eigenvalue weighted by molar-refractivity contribution is -0.128. The van der Waals surface area contributed by atoms with E-state index in [1.807, 2.05) is 72.8 Å². The molecule has 216 valence electrons. The standard InChI is InChI=1S/C36H37FN2O3/c1-42-32-23-17-29(18-24-32)34(35(40)38-25-26-11-5-2-6-12-26)39(31-21-19-30(37)20-22-31)36(41)33(27-13-7-3-8-14-27)28-15-9-4-10-16-28/h2-3,5-8,11-14,17-24,28,33-34H,4,9-10,15-16,25H2,1H3,(H,38,40). The van der Waals surface area contributed by atoms with Crippen molar-refractivity contribution in [2.45, 2.75) is 50.6 Å². The molecule has 5 nitrogen and oxygen atoms in total. The van der Waals surface area contributed by atoms with Gasteiger partial charge in [0.1, 0.15) is 17.6 Å². The fourth-order valence-electron chi connectivity index (χ4n) is 5.98. The highest BCUT2D eigenvalue weighted by Crippen LogP contribution is 2.40. The van der Waals surface area contributed by atoms with Gasteiger partial charge in [0.2, 0.25) is 11.8 Å². The number of halogens is 1. The van der Waals surface area contributed by atoms with Gasteiger partial charge in [0.25, 0.3) is 0 Å². The average molecular weight is 565 g/mol. The number of methoxy groups -OCH3 is 1. The van der Waals surface area contributed by atoms with Crippen LogP contribution >= 0.6 is 0 Å². The Morgan fingerprint density at radius 1 is 0.810 bits per heavy atom. The highest BCUT2D eigenvalue weighted by atomic mass is 19.1. The van der Waals surface area contributed by atoms with E-state index in [9.17, 15) is 14.0 Å². The molecule has 1 N–H and O–H groups in total. The molecule has 2 amide bonds. The van der Waals surface area contributed by atoms with Gasteiger partial charge in [-0.15, -0.1) is 0 Å². The van der Waals surface area contributed by atoms with Crippen LogP contribution in [-0.4, -0.2) is 18.9 Å². The highest BCUT2D eigenvalue weighted by Gasteiger charge is 2.40. The number of hydrogen-bond donors (Lipinski definition) is 1. The molecule has 0 saturated heterocycles. The van der Waals surface area contributed by atoms with E-state index in [2.05, 4.69) is 5.32 Å². The van der Waals surface area contributed by atoms with Crippen molar-refractivity contribution in [1.29, 1.82) is 0 Å². The maximum absolute atomic E-state index is 15.0. The van der Waals surface area contributed by atoms with Crippen LogP contribution < -0.4 is 15.0 Å². The predicted octanol–water partition coefficient (Wildman–Crippen LogP) is 7.59. The van der Waals surface area contributed by atoms with Crippen LogP contribution in [0.1, 0.15) is 60.8 Å². The summed E-state index contributed by atoms with van der Waals surface area (Å²) in [5.41, 5.74) is 2.98. The smallest absolute Gasteiger partial charge is 0.248 e. The topological polar surface area (TPSA) is 58.6 Å². The number of rotatable bonds is 10. The van der Waals surface area contributed by atoms with Crippen molar-refractivity contribution in [3.05, 3.63) is 132 Å². The Morgan fingerprint density at radius 3 is 2.05 bits per heavy atom. The maximum atomic E-state index is 15.0. The summed E-state index contributed by atoms with van der Waals surface area (Å²) in [4.78, 5) is 30.7. The van der Waals surface area contributed by atoms with Gasteiger partial charge < -0.3 is 10.1 Å². The lowest BCUT2D eigenvalue weighted by Gasteiger charge is -2.37. The first-order valence-corrected chi connectivity index (χ1v) is 14.6. The molecule has 6 heteroatoms. The largest absolute Gasteiger partial charge is 0.497 e. The second-order valence-corrected chi connectivity index (χ2v) is 10.9. The molecule has 4 aromatic carbocycles. The Morgan fingerprint density at radius 2 is 1.43 bits per heavy atom. The molecule has 1 aliphatic rings. The van der Waals surface area contributed by atoms with Gasteiger partial charge in [-0.2, -0.15) is 0 Å². The molecule has 0 aliphatic heterocycles. The summed E-state index contributed by atoms with van der Waals surface area (Å²) < 4.78 is 19.5. The van der Waals surface area contributed by atoms with Crippen LogP contribution in [0.2, 0.25) is 0 Å². The van der Waals surface area contributed by atoms with Crippen LogP contribution in [0.25, 0.3) is 0 Å². The van der Waals surface area contributed by atoms with Crippen LogP contribution in [0.3, 0.4) is 0 Å². The number of hydrogen-bond acceptors (Lipinski definition) is 3. The summed E-state index contributed by atoms with van der Waals surface area (Å²) >= 11 is 0. The molecular formula is C36H37FN2O3. The Labute approximate surface area is 247 Å². The zero-order valence-corrected chi connectivity index (χ0v) is 23.9. The Balaban J connectivity index is 1.61. The molecule has 1 fully saturated rings. The summed E-state index contributed by atoms with van der Waals surface area (Å²) in [5, 5.41) is 3.06. The van der Waals surface area contributed by atoms with E-state index < -0.39 is 17.8 Å². The van der Waals surface area contributed by atoms with Gasteiger partial charge in [0, 0.05) is 12.2 Å². The first kappa shape index (κ1) is 29.1. The number of ether oxygens (including phenoxy) is 1. The number of benzene rings is 4. The molecule has 0 heterocycles. The molecule has 42 heavy (non-hydrogen) atoms. The molecule has 1 saturated carbocycles. The third-order valence-corrected chi connectivity index (χ3v) is 8.14. The molecule has 5 rings (SSSR count). The van der Waals surface area contributed by atoms with Gasteiger partial charge in [-0.1, -0.05) is 92.1 Å². The third-order valence-electron chi connectivity index (χ3n) is 8.14. The fourth-order valence-corrected chi connectivity index (χ4v) is 5.98. The lowest BCUT2D eigenvalue weighted by Crippen LogP contribution is -2.47. The Kier molecular flexibility index (Phi) is 9.65. The zero-order valence-electron chi connectivity index (χ0n) is 23.9. The number of anilines is 1. The van der Waals surface area contributed by atoms with Crippen LogP contribution in [-0.2, 0) is 16.1 Å². The van der Waals surface area contributed by atoms with E-state index in [0.717, 1.165) is 43.2 Å². The SMILES string of the molecule is COc1ccc(C(C(=O)NCc2ccccc2)N(C(=O)C(c2ccccc2)C2CCCCC2)c2ccc(F)cc2)cc1. The number of amides is 2. The van der Waals surface area contributed by atoms with Crippen molar-refractivity contribution in [1.82, 2.24) is 5.32 Å². The average Bonchev–Trinajstić information content (AvgIpc) is 3.05. The highest BCUT2D eigenvalue weighted by molar-refractivity contribution is 6.04. The van der Waals surface area contributed by atoms with Gasteiger partial charge in [0.05, 0.1) is 13.0 Å². The maximum Gasteiger partial charge on any atom is 0.248 e. The minimum Gasteiger partial charge on any atom is -0.497 e. The Bertz CT molecular complexity index is 1440. The van der Waals surface area contributed by atoms with Crippen molar-refractivity contribution in [2.75, 3.05) is 12.0 Å². The van der Waals surface area contributed by atoms with Gasteiger partial charge in [0.15, 0.2) is 0 Å². The molecule has 0 radical (unpaired) electrons. The lowest BCUT2D eigenvalue weighted by atomic mass is 9.75. The van der Waals surface area contributed by atoms with E-state index in [4.69, 9.17) is 4.74 Å². The van der Waals surface area contributed by atoms with Crippen molar-refractivity contribution in [3.8, 4) is 5.75 Å². The van der Waals surface area contributed by atoms with E-state index in [0.29, 0.717) is 23.5 Å². The van der Waals surface area contributed by atoms with Gasteiger partial charge in [-0.05, 0) is 71.8 Å². The van der Waals surface area contributed by atoms with Crippen molar-refractivity contribution < 1.29 is 18.7 Å². The fraction of sp³-hybridized carbons (Fsp3) is 0.278. The Hall–Kier alpha value is -4.45. The summed E-state index contributed by atoms with van der Waals surface area (Å²) in [6.07, 6.45) is 5.17. The molecule has 2 atom stereocenters. The molecule has 1 aliphatic carbocycles. The van der Waals surface area contributed by atoms with E-state index in [1.54, 1.807) is 36.3 Å². The van der Waals surface area contributed by atoms with Crippen LogP contribution in [0.5, 0.6) is 5.75 Å². The van der Waals surface area contributed by atoms with E-state index in [1.165, 1.54) is 12.1 Å². The van der Waals surface area contributed by atoms with Gasteiger partial charge in [-0.3, -0.25) is 14.5 Å². The zero-order chi connectivity index (χ0) is 29.3. The first-order chi connectivity index (χ1) is 20.5. The van der Waals surface area contributed by atoms with Crippen molar-refractivity contribution in [2.24, 2.45) is 5.92 Å². The minimum atomic E-state index is -0.993. The van der Waals surface area contributed by atoms with Crippen molar-refractivity contribution in [3.63, 3.8) is 0 Å². The number of nitrogens with zero attached hydrogens (tertiary/aromatic N) is 1. The van der Waals surface area contributed by atoms with Crippen LogP contribution in [0, 0.1) is 11.7 Å². The quantitative estimate of drug-likeness (QED) is 0.216. The third kappa shape index (κ3) is 6.88. The van der Waals surface area contributed by atoms with Gasteiger partial charge in [-0.25, -0.2) is 4.39 Å². The van der Waals surface area contributed by atoms with Crippen LogP contribution in [0.15, 0.2) is 109 Å².